The van der Waals surface area contributed by atoms with Crippen LogP contribution in [0.5, 0.6) is 0 Å². The highest BCUT2D eigenvalue weighted by molar-refractivity contribution is 5.86. The van der Waals surface area contributed by atoms with Crippen LogP contribution in [0.1, 0.15) is 37.7 Å². The summed E-state index contributed by atoms with van der Waals surface area (Å²) in [5.74, 6) is -0.905. The van der Waals surface area contributed by atoms with Crippen LogP contribution in [-0.4, -0.2) is 17.0 Å². The van der Waals surface area contributed by atoms with Crippen LogP contribution in [0.2, 0.25) is 0 Å². The van der Waals surface area contributed by atoms with Crippen molar-refractivity contribution in [3.05, 3.63) is 35.9 Å². The molecule has 0 unspecified atom stereocenters. The van der Waals surface area contributed by atoms with Crippen molar-refractivity contribution in [3.63, 3.8) is 0 Å². The highest BCUT2D eigenvalue weighted by Crippen LogP contribution is 2.42. The monoisotopic (exact) mass is 261 g/mol. The van der Waals surface area contributed by atoms with Gasteiger partial charge in [-0.2, -0.15) is 0 Å². The lowest BCUT2D eigenvalue weighted by Crippen LogP contribution is -2.44. The summed E-state index contributed by atoms with van der Waals surface area (Å²) in [6, 6.07) is 9.59. The molecule has 2 rings (SSSR count). The number of carbonyl (C=O) groups is 2. The summed E-state index contributed by atoms with van der Waals surface area (Å²) in [6.07, 6.45) is 2.95. The van der Waals surface area contributed by atoms with Crippen LogP contribution in [0.15, 0.2) is 30.3 Å². The van der Waals surface area contributed by atoms with Crippen molar-refractivity contribution in [2.45, 2.75) is 37.5 Å². The summed E-state index contributed by atoms with van der Waals surface area (Å²) >= 11 is 0. The van der Waals surface area contributed by atoms with Gasteiger partial charge in [0.1, 0.15) is 0 Å². The van der Waals surface area contributed by atoms with Gasteiger partial charge in [-0.05, 0) is 37.2 Å². The second-order valence-corrected chi connectivity index (χ2v) is 5.35. The van der Waals surface area contributed by atoms with Crippen molar-refractivity contribution in [1.82, 2.24) is 0 Å². The smallest absolute Gasteiger partial charge is 0.303 e. The molecule has 1 amide bonds. The maximum Gasteiger partial charge on any atom is 0.303 e. The summed E-state index contributed by atoms with van der Waals surface area (Å²) < 4.78 is 0. The number of rotatable bonds is 4. The average Bonchev–Trinajstić information content (AvgIpc) is 2.40. The molecule has 4 heteroatoms. The number of carboxylic acid groups (broad SMARTS) is 1. The number of nitrogens with two attached hydrogens (primary N) is 1. The number of carbonyl (C=O) groups excluding carboxylic acids is 1. The maximum absolute atomic E-state index is 11.9. The Bertz CT molecular complexity index is 462. The Morgan fingerprint density at radius 2 is 1.79 bits per heavy atom. The van der Waals surface area contributed by atoms with E-state index in [1.165, 1.54) is 0 Å². The molecule has 4 nitrogen and oxygen atoms in total. The van der Waals surface area contributed by atoms with E-state index in [9.17, 15) is 9.59 Å². The van der Waals surface area contributed by atoms with E-state index in [-0.39, 0.29) is 18.2 Å². The molecule has 0 saturated heterocycles. The fourth-order valence-electron chi connectivity index (χ4n) is 3.06. The second kappa shape index (κ2) is 5.43. The van der Waals surface area contributed by atoms with Crippen LogP contribution in [0.25, 0.3) is 0 Å². The Morgan fingerprint density at radius 1 is 1.21 bits per heavy atom. The van der Waals surface area contributed by atoms with Crippen LogP contribution in [0, 0.1) is 5.92 Å². The number of benzene rings is 1. The molecule has 1 aromatic rings. The zero-order chi connectivity index (χ0) is 13.9. The summed E-state index contributed by atoms with van der Waals surface area (Å²) in [4.78, 5) is 22.7. The third-order valence-corrected chi connectivity index (χ3v) is 4.22. The van der Waals surface area contributed by atoms with Gasteiger partial charge in [-0.25, -0.2) is 0 Å². The van der Waals surface area contributed by atoms with E-state index >= 15 is 0 Å². The van der Waals surface area contributed by atoms with Crippen LogP contribution in [0.4, 0.5) is 0 Å². The van der Waals surface area contributed by atoms with Gasteiger partial charge in [-0.1, -0.05) is 30.3 Å². The molecular weight excluding hydrogens is 242 g/mol. The van der Waals surface area contributed by atoms with Gasteiger partial charge >= 0.3 is 5.97 Å². The van der Waals surface area contributed by atoms with E-state index in [0.717, 1.165) is 18.4 Å². The van der Waals surface area contributed by atoms with Crippen molar-refractivity contribution in [1.29, 1.82) is 0 Å². The summed E-state index contributed by atoms with van der Waals surface area (Å²) in [5, 5.41) is 8.83. The van der Waals surface area contributed by atoms with Crippen molar-refractivity contribution < 1.29 is 14.7 Å². The standard InChI is InChI=1S/C15H19NO3/c16-14(19)15(12-4-2-1-3-5-12)8-6-11(7-9-15)10-13(17)18/h1-5,11H,6-10H2,(H2,16,19)(H,17,18). The van der Waals surface area contributed by atoms with Gasteiger partial charge in [0.2, 0.25) is 5.91 Å². The third kappa shape index (κ3) is 2.78. The van der Waals surface area contributed by atoms with E-state index in [0.29, 0.717) is 12.8 Å². The molecule has 0 spiro atoms. The van der Waals surface area contributed by atoms with Gasteiger partial charge in [-0.15, -0.1) is 0 Å². The fourth-order valence-corrected chi connectivity index (χ4v) is 3.06. The Morgan fingerprint density at radius 3 is 2.26 bits per heavy atom. The number of hydrogen-bond donors (Lipinski definition) is 2. The third-order valence-electron chi connectivity index (χ3n) is 4.22. The summed E-state index contributed by atoms with van der Waals surface area (Å²) in [6.45, 7) is 0. The highest BCUT2D eigenvalue weighted by atomic mass is 16.4. The topological polar surface area (TPSA) is 80.4 Å². The molecule has 1 aromatic carbocycles. The lowest BCUT2D eigenvalue weighted by molar-refractivity contribution is -0.138. The minimum absolute atomic E-state index is 0.161. The van der Waals surface area contributed by atoms with Crippen molar-refractivity contribution in [3.8, 4) is 0 Å². The maximum atomic E-state index is 11.9. The molecule has 3 N–H and O–H groups in total. The molecule has 1 fully saturated rings. The molecule has 0 heterocycles. The first kappa shape index (κ1) is 13.6. The molecule has 0 aliphatic heterocycles. The first-order chi connectivity index (χ1) is 9.04. The van der Waals surface area contributed by atoms with Gasteiger partial charge in [0.05, 0.1) is 5.41 Å². The molecule has 19 heavy (non-hydrogen) atoms. The number of aliphatic carboxylic acids is 1. The lowest BCUT2D eigenvalue weighted by atomic mass is 9.65. The van der Waals surface area contributed by atoms with Crippen LogP contribution >= 0.6 is 0 Å². The average molecular weight is 261 g/mol. The van der Waals surface area contributed by atoms with Crippen LogP contribution in [-0.2, 0) is 15.0 Å². The van der Waals surface area contributed by atoms with Crippen molar-refractivity contribution in [2.75, 3.05) is 0 Å². The minimum atomic E-state index is -0.767. The Labute approximate surface area is 112 Å². The normalized spacial score (nSPS) is 26.8. The number of carboxylic acids is 1. The molecule has 0 aromatic heterocycles. The summed E-state index contributed by atoms with van der Waals surface area (Å²) in [5.41, 5.74) is 5.97. The van der Waals surface area contributed by atoms with Gasteiger partial charge in [0.25, 0.3) is 0 Å². The zero-order valence-corrected chi connectivity index (χ0v) is 10.8. The van der Waals surface area contributed by atoms with Gasteiger partial charge in [0.15, 0.2) is 0 Å². The Kier molecular flexibility index (Phi) is 3.88. The number of amides is 1. The summed E-state index contributed by atoms with van der Waals surface area (Å²) in [7, 11) is 0. The van der Waals surface area contributed by atoms with E-state index in [1.807, 2.05) is 30.3 Å². The first-order valence-electron chi connectivity index (χ1n) is 6.62. The van der Waals surface area contributed by atoms with Gasteiger partial charge < -0.3 is 10.8 Å². The molecule has 0 atom stereocenters. The largest absolute Gasteiger partial charge is 0.481 e. The first-order valence-corrected chi connectivity index (χ1v) is 6.62. The second-order valence-electron chi connectivity index (χ2n) is 5.35. The number of hydrogen-bond acceptors (Lipinski definition) is 2. The Hall–Kier alpha value is -1.84. The van der Waals surface area contributed by atoms with Crippen LogP contribution in [0.3, 0.4) is 0 Å². The van der Waals surface area contributed by atoms with Crippen molar-refractivity contribution in [2.24, 2.45) is 11.7 Å². The molecule has 102 valence electrons. The van der Waals surface area contributed by atoms with Crippen molar-refractivity contribution >= 4 is 11.9 Å². The van der Waals surface area contributed by atoms with E-state index < -0.39 is 11.4 Å². The predicted octanol–water partition coefficient (Wildman–Crippen LogP) is 2.07. The molecule has 1 aliphatic carbocycles. The molecule has 0 bridgehead atoms. The number of primary amides is 1. The predicted molar refractivity (Wildman–Crippen MR) is 71.5 cm³/mol. The molecule has 1 saturated carbocycles. The SMILES string of the molecule is NC(=O)C1(c2ccccc2)CCC(CC(=O)O)CC1. The quantitative estimate of drug-likeness (QED) is 0.870. The molecule has 0 radical (unpaired) electrons. The van der Waals surface area contributed by atoms with E-state index in [1.54, 1.807) is 0 Å². The minimum Gasteiger partial charge on any atom is -0.481 e. The fraction of sp³-hybridized carbons (Fsp3) is 0.467. The lowest BCUT2D eigenvalue weighted by Gasteiger charge is -2.37. The highest BCUT2D eigenvalue weighted by Gasteiger charge is 2.41. The van der Waals surface area contributed by atoms with Gasteiger partial charge in [-0.3, -0.25) is 9.59 Å². The van der Waals surface area contributed by atoms with Crippen LogP contribution < -0.4 is 5.73 Å². The zero-order valence-electron chi connectivity index (χ0n) is 10.8. The van der Waals surface area contributed by atoms with Gasteiger partial charge in [0, 0.05) is 6.42 Å². The van der Waals surface area contributed by atoms with E-state index in [2.05, 4.69) is 0 Å². The molecule has 1 aliphatic rings. The Balaban J connectivity index is 2.17. The van der Waals surface area contributed by atoms with E-state index in [4.69, 9.17) is 10.8 Å². The molecular formula is C15H19NO3.